The highest BCUT2D eigenvalue weighted by Gasteiger charge is 2.29. The Balaban J connectivity index is 2.43. The van der Waals surface area contributed by atoms with E-state index in [0.29, 0.717) is 13.0 Å². The van der Waals surface area contributed by atoms with E-state index in [-0.39, 0.29) is 25.8 Å². The van der Waals surface area contributed by atoms with Gasteiger partial charge in [0.15, 0.2) is 0 Å². The van der Waals surface area contributed by atoms with Crippen molar-refractivity contribution in [3.63, 3.8) is 0 Å². The molecule has 6 nitrogen and oxygen atoms in total. The molecule has 1 rings (SSSR count). The van der Waals surface area contributed by atoms with Crippen molar-refractivity contribution in [2.24, 2.45) is 0 Å². The molecule has 0 aromatic rings. The predicted molar refractivity (Wildman–Crippen MR) is 75.9 cm³/mol. The molecule has 23 heavy (non-hydrogen) atoms. The van der Waals surface area contributed by atoms with Gasteiger partial charge in [0.05, 0.1) is 13.0 Å². The molecule has 0 aromatic carbocycles. The Labute approximate surface area is 133 Å². The third-order valence-corrected chi connectivity index (χ3v) is 3.44. The lowest BCUT2D eigenvalue weighted by Crippen LogP contribution is -2.45. The van der Waals surface area contributed by atoms with Crippen molar-refractivity contribution in [2.75, 3.05) is 33.4 Å². The van der Waals surface area contributed by atoms with Crippen molar-refractivity contribution in [2.45, 2.75) is 44.3 Å². The van der Waals surface area contributed by atoms with Crippen LogP contribution in [-0.2, 0) is 14.3 Å². The SMILES string of the molecule is COCCOC(=O)N1CCCCC(NC(=O)CCC(F)(F)F)C1. The summed E-state index contributed by atoms with van der Waals surface area (Å²) in [6, 6.07) is -0.354. The Morgan fingerprint density at radius 2 is 2.00 bits per heavy atom. The maximum absolute atomic E-state index is 12.1. The molecule has 134 valence electrons. The number of amides is 2. The lowest BCUT2D eigenvalue weighted by atomic mass is 10.1. The second-order valence-electron chi connectivity index (χ2n) is 5.43. The van der Waals surface area contributed by atoms with Crippen LogP contribution in [0.15, 0.2) is 0 Å². The van der Waals surface area contributed by atoms with Crippen molar-refractivity contribution in [1.82, 2.24) is 10.2 Å². The number of methoxy groups -OCH3 is 1. The zero-order chi connectivity index (χ0) is 17.3. The first kappa shape index (κ1) is 19.5. The first-order chi connectivity index (χ1) is 10.8. The van der Waals surface area contributed by atoms with E-state index in [1.807, 2.05) is 0 Å². The average Bonchev–Trinajstić information content (AvgIpc) is 2.70. The summed E-state index contributed by atoms with van der Waals surface area (Å²) >= 11 is 0. The standard InChI is InChI=1S/C14H23F3N2O4/c1-22-8-9-23-13(21)19-7-3-2-4-11(10-19)18-12(20)5-6-14(15,16)17/h11H,2-10H2,1H3,(H,18,20). The van der Waals surface area contributed by atoms with E-state index in [9.17, 15) is 22.8 Å². The van der Waals surface area contributed by atoms with Gasteiger partial charge in [0, 0.05) is 32.7 Å². The fraction of sp³-hybridized carbons (Fsp3) is 0.857. The molecule has 1 aliphatic rings. The second kappa shape index (κ2) is 9.59. The summed E-state index contributed by atoms with van der Waals surface area (Å²) in [6.45, 7) is 1.16. The number of ether oxygens (including phenoxy) is 2. The highest BCUT2D eigenvalue weighted by molar-refractivity contribution is 5.76. The fourth-order valence-electron chi connectivity index (χ4n) is 2.28. The summed E-state index contributed by atoms with van der Waals surface area (Å²) in [6.07, 6.45) is -4.43. The van der Waals surface area contributed by atoms with Gasteiger partial charge in [0.1, 0.15) is 6.61 Å². The van der Waals surface area contributed by atoms with Gasteiger partial charge < -0.3 is 19.7 Å². The number of halogens is 3. The number of rotatable bonds is 6. The number of alkyl halides is 3. The van der Waals surface area contributed by atoms with Gasteiger partial charge in [-0.05, 0) is 19.3 Å². The van der Waals surface area contributed by atoms with E-state index in [4.69, 9.17) is 9.47 Å². The van der Waals surface area contributed by atoms with Crippen LogP contribution in [0.2, 0.25) is 0 Å². The van der Waals surface area contributed by atoms with Crippen LogP contribution in [0.3, 0.4) is 0 Å². The van der Waals surface area contributed by atoms with E-state index < -0.39 is 31.0 Å². The van der Waals surface area contributed by atoms with E-state index in [1.54, 1.807) is 0 Å². The van der Waals surface area contributed by atoms with Crippen molar-refractivity contribution in [1.29, 1.82) is 0 Å². The third-order valence-electron chi connectivity index (χ3n) is 3.44. The first-order valence-electron chi connectivity index (χ1n) is 7.58. The minimum Gasteiger partial charge on any atom is -0.447 e. The van der Waals surface area contributed by atoms with E-state index in [0.717, 1.165) is 12.8 Å². The summed E-state index contributed by atoms with van der Waals surface area (Å²) in [4.78, 5) is 25.0. The van der Waals surface area contributed by atoms with Crippen LogP contribution >= 0.6 is 0 Å². The molecule has 1 aliphatic heterocycles. The molecule has 1 heterocycles. The summed E-state index contributed by atoms with van der Waals surface area (Å²) < 4.78 is 46.2. The highest BCUT2D eigenvalue weighted by atomic mass is 19.4. The summed E-state index contributed by atoms with van der Waals surface area (Å²) in [5.74, 6) is -0.651. The van der Waals surface area contributed by atoms with Crippen LogP contribution in [0.4, 0.5) is 18.0 Å². The maximum atomic E-state index is 12.1. The Hall–Kier alpha value is -1.51. The Morgan fingerprint density at radius 1 is 1.26 bits per heavy atom. The van der Waals surface area contributed by atoms with Crippen LogP contribution in [0.5, 0.6) is 0 Å². The largest absolute Gasteiger partial charge is 0.447 e. The van der Waals surface area contributed by atoms with Crippen molar-refractivity contribution >= 4 is 12.0 Å². The molecule has 0 spiro atoms. The lowest BCUT2D eigenvalue weighted by Gasteiger charge is -2.24. The molecule has 9 heteroatoms. The molecule has 0 saturated carbocycles. The number of nitrogens with one attached hydrogen (secondary N) is 1. The molecular weight excluding hydrogens is 317 g/mol. The van der Waals surface area contributed by atoms with Crippen molar-refractivity contribution in [3.8, 4) is 0 Å². The number of likely N-dealkylation sites (tertiary alicyclic amines) is 1. The number of hydrogen-bond donors (Lipinski definition) is 1. The van der Waals surface area contributed by atoms with Gasteiger partial charge in [0.2, 0.25) is 5.91 Å². The monoisotopic (exact) mass is 340 g/mol. The number of hydrogen-bond acceptors (Lipinski definition) is 4. The molecule has 0 aromatic heterocycles. The predicted octanol–water partition coefficient (Wildman–Crippen LogP) is 2.08. The summed E-state index contributed by atoms with van der Waals surface area (Å²) in [5, 5.41) is 2.57. The molecule has 1 unspecified atom stereocenters. The molecule has 1 N–H and O–H groups in total. The Bertz CT molecular complexity index is 391. The van der Waals surface area contributed by atoms with Crippen LogP contribution in [-0.4, -0.2) is 62.5 Å². The molecule has 0 aliphatic carbocycles. The van der Waals surface area contributed by atoms with Gasteiger partial charge in [-0.25, -0.2) is 4.79 Å². The number of nitrogens with zero attached hydrogens (tertiary/aromatic N) is 1. The lowest BCUT2D eigenvalue weighted by molar-refractivity contribution is -0.144. The van der Waals surface area contributed by atoms with Gasteiger partial charge in [-0.2, -0.15) is 13.2 Å². The van der Waals surface area contributed by atoms with E-state index >= 15 is 0 Å². The normalized spacial score (nSPS) is 19.1. The number of carbonyl (C=O) groups is 2. The van der Waals surface area contributed by atoms with E-state index in [2.05, 4.69) is 5.32 Å². The quantitative estimate of drug-likeness (QED) is 0.752. The molecule has 1 saturated heterocycles. The fourth-order valence-corrected chi connectivity index (χ4v) is 2.28. The summed E-state index contributed by atoms with van der Waals surface area (Å²) in [7, 11) is 1.49. The van der Waals surface area contributed by atoms with Crippen LogP contribution < -0.4 is 5.32 Å². The smallest absolute Gasteiger partial charge is 0.409 e. The molecule has 0 radical (unpaired) electrons. The average molecular weight is 340 g/mol. The van der Waals surface area contributed by atoms with Crippen LogP contribution in [0, 0.1) is 0 Å². The minimum absolute atomic E-state index is 0.133. The third kappa shape index (κ3) is 8.63. The van der Waals surface area contributed by atoms with Gasteiger partial charge in [-0.3, -0.25) is 4.79 Å². The minimum atomic E-state index is -4.35. The molecule has 2 amide bonds. The molecule has 1 fully saturated rings. The molecular formula is C14H23F3N2O4. The topological polar surface area (TPSA) is 67.9 Å². The van der Waals surface area contributed by atoms with Gasteiger partial charge in [-0.1, -0.05) is 0 Å². The zero-order valence-corrected chi connectivity index (χ0v) is 13.2. The number of carbonyl (C=O) groups excluding carboxylic acids is 2. The Kier molecular flexibility index (Phi) is 8.15. The Morgan fingerprint density at radius 3 is 2.65 bits per heavy atom. The van der Waals surface area contributed by atoms with Gasteiger partial charge in [-0.15, -0.1) is 0 Å². The van der Waals surface area contributed by atoms with Crippen LogP contribution in [0.25, 0.3) is 0 Å². The summed E-state index contributed by atoms with van der Waals surface area (Å²) in [5.41, 5.74) is 0. The molecule has 0 bridgehead atoms. The van der Waals surface area contributed by atoms with Crippen molar-refractivity contribution in [3.05, 3.63) is 0 Å². The highest BCUT2D eigenvalue weighted by Crippen LogP contribution is 2.21. The molecule has 1 atom stereocenters. The van der Waals surface area contributed by atoms with Crippen molar-refractivity contribution < 1.29 is 32.2 Å². The van der Waals surface area contributed by atoms with Crippen LogP contribution in [0.1, 0.15) is 32.1 Å². The zero-order valence-electron chi connectivity index (χ0n) is 13.2. The second-order valence-corrected chi connectivity index (χ2v) is 5.43. The first-order valence-corrected chi connectivity index (χ1v) is 7.58. The van der Waals surface area contributed by atoms with E-state index in [1.165, 1.54) is 12.0 Å². The maximum Gasteiger partial charge on any atom is 0.409 e. The van der Waals surface area contributed by atoms with Gasteiger partial charge in [0.25, 0.3) is 0 Å². The van der Waals surface area contributed by atoms with Gasteiger partial charge >= 0.3 is 12.3 Å².